The molecule has 1 heterocycles. The average molecular weight is 363 g/mol. The molecule has 0 aliphatic rings. The number of esters is 1. The van der Waals surface area contributed by atoms with Gasteiger partial charge in [-0.25, -0.2) is 9.59 Å². The zero-order valence-electron chi connectivity index (χ0n) is 16.4. The van der Waals surface area contributed by atoms with E-state index < -0.39 is 12.0 Å². The summed E-state index contributed by atoms with van der Waals surface area (Å²) in [5.74, 6) is -0.743. The van der Waals surface area contributed by atoms with Gasteiger partial charge in [-0.15, -0.1) is 6.58 Å². The first-order valence-corrected chi connectivity index (χ1v) is 8.74. The molecule has 0 bridgehead atoms. The molecule has 1 unspecified atom stereocenters. The van der Waals surface area contributed by atoms with E-state index in [4.69, 9.17) is 4.74 Å². The van der Waals surface area contributed by atoms with Crippen LogP contribution in [0, 0.1) is 13.8 Å². The largest absolute Gasteiger partial charge is 0.461 e. The van der Waals surface area contributed by atoms with Crippen LogP contribution in [0.2, 0.25) is 0 Å². The third-order valence-electron chi connectivity index (χ3n) is 4.01. The predicted octanol–water partition coefficient (Wildman–Crippen LogP) is 2.99. The third-order valence-corrected chi connectivity index (χ3v) is 4.01. The number of nitrogens with one attached hydrogen (secondary N) is 2. The second-order valence-corrected chi connectivity index (χ2v) is 6.43. The summed E-state index contributed by atoms with van der Waals surface area (Å²) in [4.78, 5) is 41.9. The maximum absolute atomic E-state index is 13.1. The summed E-state index contributed by atoms with van der Waals surface area (Å²) in [7, 11) is 0. The van der Waals surface area contributed by atoms with Gasteiger partial charge in [0.1, 0.15) is 5.69 Å². The van der Waals surface area contributed by atoms with E-state index in [-0.39, 0.29) is 36.7 Å². The molecule has 1 rings (SSSR count). The number of ether oxygens (including phenoxy) is 1. The Bertz CT molecular complexity index is 691. The van der Waals surface area contributed by atoms with Crippen molar-refractivity contribution in [1.82, 2.24) is 15.2 Å². The zero-order valence-corrected chi connectivity index (χ0v) is 16.4. The van der Waals surface area contributed by atoms with Crippen molar-refractivity contribution in [3.05, 3.63) is 35.2 Å². The maximum atomic E-state index is 13.1. The van der Waals surface area contributed by atoms with Crippen LogP contribution < -0.4 is 5.32 Å². The summed E-state index contributed by atoms with van der Waals surface area (Å²) >= 11 is 0. The van der Waals surface area contributed by atoms with E-state index in [1.165, 1.54) is 4.90 Å². The highest BCUT2D eigenvalue weighted by molar-refractivity contribution is 6.06. The van der Waals surface area contributed by atoms with Crippen LogP contribution in [0.4, 0.5) is 4.79 Å². The third kappa shape index (κ3) is 4.74. The number of hydrogen-bond acceptors (Lipinski definition) is 4. The lowest BCUT2D eigenvalue weighted by atomic mass is 10.00. The highest BCUT2D eigenvalue weighted by Gasteiger charge is 2.30. The standard InChI is InChI=1S/C19H29N3O4/c1-8-10-22(19(25)20-11(3)4)14(7)17(23)15-12(5)16(21-13(15)6)18(24)26-9-2/h8,11,14,21H,1,9-10H2,2-7H3,(H,20,25). The van der Waals surface area contributed by atoms with Crippen molar-refractivity contribution in [2.45, 2.75) is 53.6 Å². The highest BCUT2D eigenvalue weighted by atomic mass is 16.5. The Morgan fingerprint density at radius 3 is 2.38 bits per heavy atom. The Kier molecular flexibility index (Phi) is 7.61. The Morgan fingerprint density at radius 2 is 1.88 bits per heavy atom. The van der Waals surface area contributed by atoms with Crippen LogP contribution in [0.1, 0.15) is 59.8 Å². The molecule has 1 aromatic rings. The zero-order chi connectivity index (χ0) is 20.0. The average Bonchev–Trinajstić information content (AvgIpc) is 2.85. The number of urea groups is 1. The molecular weight excluding hydrogens is 334 g/mol. The fraction of sp³-hybridized carbons (Fsp3) is 0.526. The number of hydrogen-bond donors (Lipinski definition) is 2. The van der Waals surface area contributed by atoms with Gasteiger partial charge in [0.25, 0.3) is 0 Å². The lowest BCUT2D eigenvalue weighted by Crippen LogP contribution is -2.50. The van der Waals surface area contributed by atoms with E-state index in [0.717, 1.165) is 0 Å². The molecule has 2 amide bonds. The first kappa shape index (κ1) is 21.5. The van der Waals surface area contributed by atoms with Gasteiger partial charge in [0.15, 0.2) is 5.78 Å². The Morgan fingerprint density at radius 1 is 1.27 bits per heavy atom. The summed E-state index contributed by atoms with van der Waals surface area (Å²) in [6, 6.07) is -1.10. The molecule has 0 radical (unpaired) electrons. The monoisotopic (exact) mass is 363 g/mol. The summed E-state index contributed by atoms with van der Waals surface area (Å²) in [5.41, 5.74) is 1.78. The number of aryl methyl sites for hydroxylation is 1. The van der Waals surface area contributed by atoms with Crippen molar-refractivity contribution in [3.8, 4) is 0 Å². The predicted molar refractivity (Wildman–Crippen MR) is 101 cm³/mol. The van der Waals surface area contributed by atoms with Crippen LogP contribution in [-0.2, 0) is 4.74 Å². The highest BCUT2D eigenvalue weighted by Crippen LogP contribution is 2.22. The molecule has 7 heteroatoms. The molecule has 0 aliphatic carbocycles. The Balaban J connectivity index is 3.18. The van der Waals surface area contributed by atoms with Gasteiger partial charge in [0.05, 0.1) is 12.6 Å². The van der Waals surface area contributed by atoms with Crippen molar-refractivity contribution < 1.29 is 19.1 Å². The minimum absolute atomic E-state index is 0.0525. The molecule has 2 N–H and O–H groups in total. The van der Waals surface area contributed by atoms with Crippen molar-refractivity contribution >= 4 is 17.8 Å². The number of carbonyl (C=O) groups excluding carboxylic acids is 3. The van der Waals surface area contributed by atoms with E-state index in [9.17, 15) is 14.4 Å². The molecule has 144 valence electrons. The molecule has 0 spiro atoms. The molecule has 0 aromatic carbocycles. The Hall–Kier alpha value is -2.57. The summed E-state index contributed by atoms with van der Waals surface area (Å²) in [6.07, 6.45) is 1.57. The molecule has 0 aliphatic heterocycles. The van der Waals surface area contributed by atoms with Gasteiger partial charge in [-0.3, -0.25) is 4.79 Å². The second kappa shape index (κ2) is 9.22. The topological polar surface area (TPSA) is 91.5 Å². The smallest absolute Gasteiger partial charge is 0.355 e. The van der Waals surface area contributed by atoms with Gasteiger partial charge in [-0.2, -0.15) is 0 Å². The first-order valence-electron chi connectivity index (χ1n) is 8.74. The number of aromatic amines is 1. The number of Topliss-reactive ketones (excluding diaryl/α,β-unsaturated/α-hetero) is 1. The van der Waals surface area contributed by atoms with Gasteiger partial charge in [0, 0.05) is 23.8 Å². The van der Waals surface area contributed by atoms with E-state index in [0.29, 0.717) is 16.8 Å². The molecule has 0 saturated heterocycles. The molecule has 0 saturated carbocycles. The SMILES string of the molecule is C=CCN(C(=O)NC(C)C)C(C)C(=O)c1c(C)[nH]c(C(=O)OCC)c1C. The quantitative estimate of drug-likeness (QED) is 0.422. The van der Waals surface area contributed by atoms with Crippen molar-refractivity contribution in [2.75, 3.05) is 13.2 Å². The summed E-state index contributed by atoms with van der Waals surface area (Å²) in [5, 5.41) is 2.79. The Labute approximate surface area is 154 Å². The van der Waals surface area contributed by atoms with E-state index in [2.05, 4.69) is 16.9 Å². The number of carbonyl (C=O) groups is 3. The first-order chi connectivity index (χ1) is 12.1. The van der Waals surface area contributed by atoms with Crippen LogP contribution >= 0.6 is 0 Å². The lowest BCUT2D eigenvalue weighted by Gasteiger charge is -2.28. The van der Waals surface area contributed by atoms with Gasteiger partial charge >= 0.3 is 12.0 Å². The van der Waals surface area contributed by atoms with E-state index in [1.54, 1.807) is 33.8 Å². The molecule has 1 aromatic heterocycles. The lowest BCUT2D eigenvalue weighted by molar-refractivity contribution is 0.0519. The van der Waals surface area contributed by atoms with Gasteiger partial charge in [-0.1, -0.05) is 6.08 Å². The van der Waals surface area contributed by atoms with Gasteiger partial charge < -0.3 is 19.9 Å². The van der Waals surface area contributed by atoms with Crippen LogP contribution in [-0.4, -0.2) is 52.9 Å². The van der Waals surface area contributed by atoms with Crippen molar-refractivity contribution in [1.29, 1.82) is 0 Å². The minimum Gasteiger partial charge on any atom is -0.461 e. The van der Waals surface area contributed by atoms with Crippen molar-refractivity contribution in [3.63, 3.8) is 0 Å². The van der Waals surface area contributed by atoms with Crippen LogP contribution in [0.5, 0.6) is 0 Å². The minimum atomic E-state index is -0.713. The number of nitrogens with zero attached hydrogens (tertiary/aromatic N) is 1. The van der Waals surface area contributed by atoms with Gasteiger partial charge in [-0.05, 0) is 47.1 Å². The fourth-order valence-electron chi connectivity index (χ4n) is 2.76. The van der Waals surface area contributed by atoms with Gasteiger partial charge in [0.2, 0.25) is 0 Å². The number of aromatic nitrogens is 1. The molecular formula is C19H29N3O4. The number of rotatable bonds is 8. The van der Waals surface area contributed by atoms with Crippen LogP contribution in [0.3, 0.4) is 0 Å². The molecule has 0 fully saturated rings. The number of ketones is 1. The van der Waals surface area contributed by atoms with Crippen molar-refractivity contribution in [2.24, 2.45) is 0 Å². The second-order valence-electron chi connectivity index (χ2n) is 6.43. The normalized spacial score (nSPS) is 11.8. The molecule has 1 atom stereocenters. The number of amides is 2. The maximum Gasteiger partial charge on any atom is 0.355 e. The molecule has 26 heavy (non-hydrogen) atoms. The number of H-pyrrole nitrogens is 1. The van der Waals surface area contributed by atoms with E-state index in [1.807, 2.05) is 13.8 Å². The molecule has 7 nitrogen and oxygen atoms in total. The van der Waals surface area contributed by atoms with Crippen LogP contribution in [0.25, 0.3) is 0 Å². The van der Waals surface area contributed by atoms with Crippen LogP contribution in [0.15, 0.2) is 12.7 Å². The fourth-order valence-corrected chi connectivity index (χ4v) is 2.76. The summed E-state index contributed by atoms with van der Waals surface area (Å²) < 4.78 is 5.02. The van der Waals surface area contributed by atoms with E-state index >= 15 is 0 Å². The summed E-state index contributed by atoms with van der Waals surface area (Å²) in [6.45, 7) is 14.7.